The van der Waals surface area contributed by atoms with E-state index in [0.717, 1.165) is 66.8 Å². The standard InChI is InChI=1S/C68H42N4/c1-69-64-36-18-35-61(52-25-8-7-24-51(52)48-41-42-59-55-28-10-9-26-53(55)54-27-11-12-31-58(54)63(59)43-48)65(64)60-32-15-13-29-56(60)57-30-14-16-33-62(57)68-71-66(46-20-3-2-4-21-46)70-67(72-68)47-39-37-45(38-40-47)50-34-17-22-44-19-5-6-23-49(44)50/h2-43H. The number of benzene rings is 12. The van der Waals surface area contributed by atoms with Gasteiger partial charge in [0.05, 0.1) is 6.57 Å². The monoisotopic (exact) mass is 914 g/mol. The summed E-state index contributed by atoms with van der Waals surface area (Å²) in [6, 6.07) is 89.2. The number of rotatable bonds is 8. The highest BCUT2D eigenvalue weighted by Gasteiger charge is 2.22. The molecule has 0 unspecified atom stereocenters. The molecule has 0 radical (unpaired) electrons. The van der Waals surface area contributed by atoms with Gasteiger partial charge in [0.2, 0.25) is 0 Å². The van der Waals surface area contributed by atoms with Crippen LogP contribution in [0.5, 0.6) is 0 Å². The van der Waals surface area contributed by atoms with Gasteiger partial charge in [-0.15, -0.1) is 0 Å². The summed E-state index contributed by atoms with van der Waals surface area (Å²) in [4.78, 5) is 19.8. The van der Waals surface area contributed by atoms with Crippen molar-refractivity contribution in [3.63, 3.8) is 0 Å². The van der Waals surface area contributed by atoms with E-state index in [-0.39, 0.29) is 0 Å². The highest BCUT2D eigenvalue weighted by Crippen LogP contribution is 2.48. The fourth-order valence-electron chi connectivity index (χ4n) is 10.7. The van der Waals surface area contributed by atoms with Gasteiger partial charge in [0.15, 0.2) is 23.2 Å². The first-order valence-electron chi connectivity index (χ1n) is 24.2. The van der Waals surface area contributed by atoms with Crippen molar-refractivity contribution in [1.82, 2.24) is 15.0 Å². The van der Waals surface area contributed by atoms with Gasteiger partial charge < -0.3 is 0 Å². The molecule has 1 heterocycles. The van der Waals surface area contributed by atoms with Crippen molar-refractivity contribution >= 4 is 48.8 Å². The van der Waals surface area contributed by atoms with Crippen molar-refractivity contribution in [3.05, 3.63) is 266 Å². The van der Waals surface area contributed by atoms with E-state index in [0.29, 0.717) is 23.2 Å². The van der Waals surface area contributed by atoms with E-state index in [1.165, 1.54) is 48.7 Å². The van der Waals surface area contributed by atoms with Crippen molar-refractivity contribution in [2.45, 2.75) is 0 Å². The van der Waals surface area contributed by atoms with Crippen molar-refractivity contribution in [2.24, 2.45) is 0 Å². The van der Waals surface area contributed by atoms with Crippen molar-refractivity contribution in [2.75, 3.05) is 0 Å². The summed E-state index contributed by atoms with van der Waals surface area (Å²) in [5, 5.41) is 9.82. The summed E-state index contributed by atoms with van der Waals surface area (Å²) in [5.41, 5.74) is 13.5. The summed E-state index contributed by atoms with van der Waals surface area (Å²) in [6.07, 6.45) is 0. The van der Waals surface area contributed by atoms with Gasteiger partial charge in [0, 0.05) is 16.7 Å². The van der Waals surface area contributed by atoms with Gasteiger partial charge >= 0.3 is 0 Å². The van der Waals surface area contributed by atoms with Crippen LogP contribution in [0.3, 0.4) is 0 Å². The molecule has 0 aliphatic carbocycles. The molecule has 0 N–H and O–H groups in total. The number of fused-ring (bicyclic) bond motifs is 7. The molecule has 4 nitrogen and oxygen atoms in total. The van der Waals surface area contributed by atoms with Gasteiger partial charge in [-0.25, -0.2) is 19.8 Å². The number of hydrogen-bond donors (Lipinski definition) is 0. The number of nitrogens with zero attached hydrogens (tertiary/aromatic N) is 4. The van der Waals surface area contributed by atoms with Gasteiger partial charge in [0.1, 0.15) is 0 Å². The van der Waals surface area contributed by atoms with Gasteiger partial charge in [-0.1, -0.05) is 249 Å². The lowest BCUT2D eigenvalue weighted by atomic mass is 9.84. The molecule has 13 aromatic rings. The Morgan fingerprint density at radius 1 is 0.250 bits per heavy atom. The second-order valence-electron chi connectivity index (χ2n) is 18.1. The maximum atomic E-state index is 8.60. The first-order valence-corrected chi connectivity index (χ1v) is 24.2. The van der Waals surface area contributed by atoms with Crippen LogP contribution in [0.2, 0.25) is 0 Å². The van der Waals surface area contributed by atoms with Crippen LogP contribution in [0.15, 0.2) is 255 Å². The molecule has 0 spiro atoms. The lowest BCUT2D eigenvalue weighted by Crippen LogP contribution is -2.01. The molecule has 13 rings (SSSR count). The molecule has 0 bridgehead atoms. The smallest absolute Gasteiger partial charge is 0.195 e. The fourth-order valence-corrected chi connectivity index (χ4v) is 10.7. The third-order valence-corrected chi connectivity index (χ3v) is 14.0. The van der Waals surface area contributed by atoms with Crippen molar-refractivity contribution in [3.8, 4) is 89.8 Å². The van der Waals surface area contributed by atoms with E-state index < -0.39 is 0 Å². The summed E-state index contributed by atoms with van der Waals surface area (Å²) in [7, 11) is 0. The Labute approximate surface area is 417 Å². The van der Waals surface area contributed by atoms with Crippen molar-refractivity contribution in [1.29, 1.82) is 0 Å². The first kappa shape index (κ1) is 42.3. The quantitative estimate of drug-likeness (QED) is 0.113. The molecule has 0 fully saturated rings. The lowest BCUT2D eigenvalue weighted by molar-refractivity contribution is 1.07. The molecule has 1 aromatic heterocycles. The SMILES string of the molecule is [C-]#[N+]c1cccc(-c2ccccc2-c2ccc3c4ccccc4c4ccccc4c3c2)c1-c1ccccc1-c1ccccc1-c1nc(-c2ccccc2)nc(-c2ccc(-c3cccc4ccccc34)cc2)n1. The summed E-state index contributed by atoms with van der Waals surface area (Å²) < 4.78 is 0. The second kappa shape index (κ2) is 17.9. The molecule has 12 aromatic carbocycles. The topological polar surface area (TPSA) is 43.0 Å². The molecule has 0 aliphatic heterocycles. The zero-order valence-corrected chi connectivity index (χ0v) is 39.0. The van der Waals surface area contributed by atoms with E-state index >= 15 is 0 Å². The maximum absolute atomic E-state index is 8.60. The fraction of sp³-hybridized carbons (Fsp3) is 0. The Balaban J connectivity index is 0.954. The van der Waals surface area contributed by atoms with Gasteiger partial charge in [-0.2, -0.15) is 0 Å². The number of aromatic nitrogens is 3. The van der Waals surface area contributed by atoms with Crippen LogP contribution in [0, 0.1) is 6.57 Å². The summed E-state index contributed by atoms with van der Waals surface area (Å²) in [6.45, 7) is 8.60. The minimum atomic E-state index is 0.558. The van der Waals surface area contributed by atoms with Crippen LogP contribution >= 0.6 is 0 Å². The third kappa shape index (κ3) is 7.36. The molecular weight excluding hydrogens is 873 g/mol. The zero-order chi connectivity index (χ0) is 48.0. The molecule has 334 valence electrons. The third-order valence-electron chi connectivity index (χ3n) is 14.0. The van der Waals surface area contributed by atoms with Crippen LogP contribution in [0.1, 0.15) is 0 Å². The van der Waals surface area contributed by atoms with Crippen LogP contribution < -0.4 is 0 Å². The molecule has 0 atom stereocenters. The van der Waals surface area contributed by atoms with E-state index in [9.17, 15) is 0 Å². The molecule has 0 saturated heterocycles. The minimum Gasteiger partial charge on any atom is -0.237 e. The molecular formula is C68H42N4. The van der Waals surface area contributed by atoms with Crippen LogP contribution in [0.4, 0.5) is 5.69 Å². The zero-order valence-electron chi connectivity index (χ0n) is 39.0. The van der Waals surface area contributed by atoms with Gasteiger partial charge in [-0.05, 0) is 105 Å². The highest BCUT2D eigenvalue weighted by atomic mass is 15.0. The predicted octanol–water partition coefficient (Wildman–Crippen LogP) is 18.4. The summed E-state index contributed by atoms with van der Waals surface area (Å²) >= 11 is 0. The Hall–Kier alpha value is -9.82. The van der Waals surface area contributed by atoms with Crippen LogP contribution in [-0.4, -0.2) is 15.0 Å². The van der Waals surface area contributed by atoms with Gasteiger partial charge in [0.25, 0.3) is 0 Å². The highest BCUT2D eigenvalue weighted by molar-refractivity contribution is 6.26. The van der Waals surface area contributed by atoms with Crippen LogP contribution in [0.25, 0.3) is 138 Å². The first-order chi connectivity index (χ1) is 35.7. The summed E-state index contributed by atoms with van der Waals surface area (Å²) in [5.74, 6) is 1.73. The minimum absolute atomic E-state index is 0.558. The molecule has 0 saturated carbocycles. The normalized spacial score (nSPS) is 11.3. The van der Waals surface area contributed by atoms with Crippen LogP contribution in [-0.2, 0) is 0 Å². The van der Waals surface area contributed by atoms with E-state index in [1.54, 1.807) is 0 Å². The Kier molecular flexibility index (Phi) is 10.5. The maximum Gasteiger partial charge on any atom is 0.195 e. The Morgan fingerprint density at radius 3 is 1.33 bits per heavy atom. The average molecular weight is 915 g/mol. The van der Waals surface area contributed by atoms with E-state index in [4.69, 9.17) is 21.5 Å². The average Bonchev–Trinajstić information content (AvgIpc) is 3.47. The lowest BCUT2D eigenvalue weighted by Gasteiger charge is -2.20. The predicted molar refractivity (Wildman–Crippen MR) is 300 cm³/mol. The molecule has 72 heavy (non-hydrogen) atoms. The molecule has 4 heteroatoms. The second-order valence-corrected chi connectivity index (χ2v) is 18.1. The Morgan fingerprint density at radius 2 is 0.667 bits per heavy atom. The molecule has 0 amide bonds. The van der Waals surface area contributed by atoms with E-state index in [2.05, 4.69) is 211 Å². The van der Waals surface area contributed by atoms with Crippen molar-refractivity contribution < 1.29 is 0 Å². The van der Waals surface area contributed by atoms with Gasteiger partial charge in [-0.3, -0.25) is 0 Å². The Bertz CT molecular complexity index is 4240. The van der Waals surface area contributed by atoms with E-state index in [1.807, 2.05) is 48.5 Å². The largest absolute Gasteiger partial charge is 0.237 e. The number of hydrogen-bond acceptors (Lipinski definition) is 3. The molecule has 0 aliphatic rings.